The predicted octanol–water partition coefficient (Wildman–Crippen LogP) is 1.70. The highest BCUT2D eigenvalue weighted by molar-refractivity contribution is 6.33. The molecule has 12 heavy (non-hydrogen) atoms. The molecule has 2 nitrogen and oxygen atoms in total. The Balaban J connectivity index is 2.96. The summed E-state index contributed by atoms with van der Waals surface area (Å²) >= 11 is 5.44. The van der Waals surface area contributed by atoms with Crippen molar-refractivity contribution in [1.82, 2.24) is 0 Å². The van der Waals surface area contributed by atoms with E-state index in [1.807, 2.05) is 19.1 Å². The molecule has 0 bridgehead atoms. The standard InChI is InChI=1S/C9H10ClNO/c1-6-3-2-4-7(5-6)8(12)9(10)11/h2-5,9H,11H2,1H3. The summed E-state index contributed by atoms with van der Waals surface area (Å²) in [6.07, 6.45) is 0. The van der Waals surface area contributed by atoms with Crippen LogP contribution in [-0.2, 0) is 0 Å². The number of ketones is 1. The van der Waals surface area contributed by atoms with Crippen LogP contribution in [0.25, 0.3) is 0 Å². The van der Waals surface area contributed by atoms with Crippen molar-refractivity contribution in [2.24, 2.45) is 5.73 Å². The molecular formula is C9H10ClNO. The van der Waals surface area contributed by atoms with Gasteiger partial charge in [0.15, 0.2) is 5.78 Å². The summed E-state index contributed by atoms with van der Waals surface area (Å²) in [4.78, 5) is 11.2. The molecule has 1 unspecified atom stereocenters. The zero-order valence-electron chi connectivity index (χ0n) is 6.75. The van der Waals surface area contributed by atoms with Gasteiger partial charge in [-0.05, 0) is 13.0 Å². The fourth-order valence-corrected chi connectivity index (χ4v) is 1.08. The number of rotatable bonds is 2. The third-order valence-corrected chi connectivity index (χ3v) is 1.75. The molecule has 0 saturated carbocycles. The highest BCUT2D eigenvalue weighted by Gasteiger charge is 2.11. The smallest absolute Gasteiger partial charge is 0.194 e. The Hall–Kier alpha value is -0.860. The number of carbonyl (C=O) groups is 1. The van der Waals surface area contributed by atoms with E-state index < -0.39 is 5.50 Å². The Morgan fingerprint density at radius 1 is 1.58 bits per heavy atom. The van der Waals surface area contributed by atoms with E-state index >= 15 is 0 Å². The minimum atomic E-state index is -0.938. The molecule has 1 aromatic carbocycles. The number of Topliss-reactive ketones (excluding diaryl/α,β-unsaturated/α-hetero) is 1. The van der Waals surface area contributed by atoms with Crippen molar-refractivity contribution in [3.8, 4) is 0 Å². The maximum absolute atomic E-state index is 11.2. The number of carbonyl (C=O) groups excluding carboxylic acids is 1. The Morgan fingerprint density at radius 2 is 2.25 bits per heavy atom. The van der Waals surface area contributed by atoms with E-state index in [-0.39, 0.29) is 5.78 Å². The van der Waals surface area contributed by atoms with Gasteiger partial charge in [0.05, 0.1) is 0 Å². The third-order valence-electron chi connectivity index (χ3n) is 1.55. The third kappa shape index (κ3) is 2.06. The van der Waals surface area contributed by atoms with Gasteiger partial charge in [-0.1, -0.05) is 35.4 Å². The molecule has 0 radical (unpaired) electrons. The zero-order valence-corrected chi connectivity index (χ0v) is 7.51. The number of halogens is 1. The topological polar surface area (TPSA) is 43.1 Å². The molecule has 0 amide bonds. The number of benzene rings is 1. The van der Waals surface area contributed by atoms with E-state index in [2.05, 4.69) is 0 Å². The Bertz CT molecular complexity index is 296. The Morgan fingerprint density at radius 3 is 2.75 bits per heavy atom. The lowest BCUT2D eigenvalue weighted by molar-refractivity contribution is 0.0988. The van der Waals surface area contributed by atoms with Gasteiger partial charge in [-0.2, -0.15) is 0 Å². The first-order valence-corrected chi connectivity index (χ1v) is 4.05. The van der Waals surface area contributed by atoms with Crippen molar-refractivity contribution >= 4 is 17.4 Å². The van der Waals surface area contributed by atoms with Crippen LogP contribution in [0.3, 0.4) is 0 Å². The van der Waals surface area contributed by atoms with Crippen LogP contribution in [0.15, 0.2) is 24.3 Å². The molecule has 3 heteroatoms. The van der Waals surface area contributed by atoms with Crippen LogP contribution in [0.5, 0.6) is 0 Å². The van der Waals surface area contributed by atoms with Crippen molar-refractivity contribution in [3.05, 3.63) is 35.4 Å². The molecular weight excluding hydrogens is 174 g/mol. The molecule has 0 aliphatic heterocycles. The first-order chi connectivity index (χ1) is 5.61. The van der Waals surface area contributed by atoms with Gasteiger partial charge in [0.2, 0.25) is 0 Å². The summed E-state index contributed by atoms with van der Waals surface area (Å²) in [5, 5.41) is 0. The van der Waals surface area contributed by atoms with Gasteiger partial charge < -0.3 is 5.73 Å². The lowest BCUT2D eigenvalue weighted by Gasteiger charge is -2.02. The number of nitrogens with two attached hydrogens (primary N) is 1. The van der Waals surface area contributed by atoms with Gasteiger partial charge >= 0.3 is 0 Å². The fraction of sp³-hybridized carbons (Fsp3) is 0.222. The molecule has 1 atom stereocenters. The lowest BCUT2D eigenvalue weighted by atomic mass is 10.1. The highest BCUT2D eigenvalue weighted by Crippen LogP contribution is 2.07. The summed E-state index contributed by atoms with van der Waals surface area (Å²) in [5.74, 6) is -0.236. The normalized spacial score (nSPS) is 12.6. The lowest BCUT2D eigenvalue weighted by Crippen LogP contribution is -2.23. The SMILES string of the molecule is Cc1cccc(C(=O)C(N)Cl)c1. The van der Waals surface area contributed by atoms with Gasteiger partial charge in [-0.25, -0.2) is 0 Å². The van der Waals surface area contributed by atoms with Crippen LogP contribution in [-0.4, -0.2) is 11.3 Å². The van der Waals surface area contributed by atoms with Crippen LogP contribution < -0.4 is 5.73 Å². The van der Waals surface area contributed by atoms with Crippen LogP contribution in [0, 0.1) is 6.92 Å². The highest BCUT2D eigenvalue weighted by atomic mass is 35.5. The van der Waals surface area contributed by atoms with Crippen molar-refractivity contribution in [3.63, 3.8) is 0 Å². The summed E-state index contributed by atoms with van der Waals surface area (Å²) in [6.45, 7) is 1.91. The molecule has 64 valence electrons. The van der Waals surface area contributed by atoms with Gasteiger partial charge in [-0.3, -0.25) is 4.79 Å². The molecule has 0 aromatic heterocycles. The molecule has 0 aliphatic carbocycles. The summed E-state index contributed by atoms with van der Waals surface area (Å²) < 4.78 is 0. The van der Waals surface area contributed by atoms with Crippen molar-refractivity contribution < 1.29 is 4.79 Å². The molecule has 0 saturated heterocycles. The maximum Gasteiger partial charge on any atom is 0.194 e. The van der Waals surface area contributed by atoms with Crippen LogP contribution in [0.4, 0.5) is 0 Å². The van der Waals surface area contributed by atoms with E-state index in [1.165, 1.54) is 0 Å². The average Bonchev–Trinajstić information content (AvgIpc) is 2.03. The van der Waals surface area contributed by atoms with E-state index in [1.54, 1.807) is 12.1 Å². The van der Waals surface area contributed by atoms with E-state index in [0.717, 1.165) is 5.56 Å². The van der Waals surface area contributed by atoms with Crippen LogP contribution >= 0.6 is 11.6 Å². The monoisotopic (exact) mass is 183 g/mol. The second-order valence-electron chi connectivity index (χ2n) is 2.64. The van der Waals surface area contributed by atoms with E-state index in [0.29, 0.717) is 5.56 Å². The average molecular weight is 184 g/mol. The minimum absolute atomic E-state index is 0.236. The molecule has 1 aromatic rings. The van der Waals surface area contributed by atoms with Crippen LogP contribution in [0.1, 0.15) is 15.9 Å². The summed E-state index contributed by atoms with van der Waals surface area (Å²) in [6, 6.07) is 7.19. The number of aryl methyl sites for hydroxylation is 1. The Labute approximate surface area is 76.3 Å². The quantitative estimate of drug-likeness (QED) is 0.431. The summed E-state index contributed by atoms with van der Waals surface area (Å²) in [7, 11) is 0. The van der Waals surface area contributed by atoms with E-state index in [4.69, 9.17) is 17.3 Å². The predicted molar refractivity (Wildman–Crippen MR) is 49.3 cm³/mol. The molecule has 2 N–H and O–H groups in total. The fourth-order valence-electron chi connectivity index (χ4n) is 0.958. The molecule has 0 spiro atoms. The molecule has 0 aliphatic rings. The maximum atomic E-state index is 11.2. The van der Waals surface area contributed by atoms with Crippen molar-refractivity contribution in [1.29, 1.82) is 0 Å². The summed E-state index contributed by atoms with van der Waals surface area (Å²) in [5.41, 5.74) is 5.89. The van der Waals surface area contributed by atoms with Crippen molar-refractivity contribution in [2.75, 3.05) is 0 Å². The molecule has 0 heterocycles. The Kier molecular flexibility index (Phi) is 2.84. The van der Waals surface area contributed by atoms with Crippen LogP contribution in [0.2, 0.25) is 0 Å². The first kappa shape index (κ1) is 9.23. The largest absolute Gasteiger partial charge is 0.309 e. The minimum Gasteiger partial charge on any atom is -0.309 e. The van der Waals surface area contributed by atoms with Gasteiger partial charge in [0, 0.05) is 5.56 Å². The molecule has 1 rings (SSSR count). The van der Waals surface area contributed by atoms with Gasteiger partial charge in [-0.15, -0.1) is 0 Å². The second kappa shape index (κ2) is 3.70. The van der Waals surface area contributed by atoms with E-state index in [9.17, 15) is 4.79 Å². The first-order valence-electron chi connectivity index (χ1n) is 3.62. The second-order valence-corrected chi connectivity index (χ2v) is 3.11. The van der Waals surface area contributed by atoms with Crippen molar-refractivity contribution in [2.45, 2.75) is 12.4 Å². The van der Waals surface area contributed by atoms with Gasteiger partial charge in [0.25, 0.3) is 0 Å². The van der Waals surface area contributed by atoms with Gasteiger partial charge in [0.1, 0.15) is 5.50 Å². The number of hydrogen-bond donors (Lipinski definition) is 1. The number of alkyl halides is 1. The molecule has 0 fully saturated rings. The zero-order chi connectivity index (χ0) is 9.14. The number of hydrogen-bond acceptors (Lipinski definition) is 2.